The lowest BCUT2D eigenvalue weighted by Crippen LogP contribution is -2.14. The van der Waals surface area contributed by atoms with E-state index in [1.807, 2.05) is 59.9 Å². The highest BCUT2D eigenvalue weighted by Gasteiger charge is 2.10. The van der Waals surface area contributed by atoms with Crippen molar-refractivity contribution in [3.8, 4) is 0 Å². The number of rotatable bonds is 3. The summed E-state index contributed by atoms with van der Waals surface area (Å²) in [7, 11) is 3.93. The minimum absolute atomic E-state index is 0.170. The molecular weight excluding hydrogens is 264 g/mol. The van der Waals surface area contributed by atoms with Crippen molar-refractivity contribution >= 4 is 23.1 Å². The van der Waals surface area contributed by atoms with Crippen LogP contribution in [0, 0.1) is 0 Å². The number of hydrogen-bond acceptors (Lipinski definition) is 3. The Labute approximate surface area is 122 Å². The van der Waals surface area contributed by atoms with Crippen LogP contribution in [-0.4, -0.2) is 29.4 Å². The van der Waals surface area contributed by atoms with E-state index in [4.69, 9.17) is 0 Å². The van der Waals surface area contributed by atoms with Gasteiger partial charge in [0.1, 0.15) is 0 Å². The molecule has 5 nitrogen and oxygen atoms in total. The van der Waals surface area contributed by atoms with Crippen LogP contribution in [0.3, 0.4) is 0 Å². The van der Waals surface area contributed by atoms with Gasteiger partial charge in [-0.25, -0.2) is 4.98 Å². The maximum Gasteiger partial charge on any atom is 0.257 e. The number of imidazole rings is 1. The molecule has 1 amide bonds. The zero-order valence-corrected chi connectivity index (χ0v) is 11.9. The van der Waals surface area contributed by atoms with Crippen LogP contribution in [0.15, 0.2) is 54.9 Å². The van der Waals surface area contributed by atoms with Crippen LogP contribution < -0.4 is 10.2 Å². The van der Waals surface area contributed by atoms with E-state index in [9.17, 15) is 4.79 Å². The summed E-state index contributed by atoms with van der Waals surface area (Å²) in [5, 5.41) is 2.83. The SMILES string of the molecule is CN(C)c1ccc(C(=O)Nc2ncc3ccccn23)cc1. The number of aromatic nitrogens is 2. The maximum absolute atomic E-state index is 12.3. The van der Waals surface area contributed by atoms with Crippen LogP contribution in [0.5, 0.6) is 0 Å². The summed E-state index contributed by atoms with van der Waals surface area (Å²) in [6.45, 7) is 0. The maximum atomic E-state index is 12.3. The molecule has 0 aliphatic carbocycles. The average Bonchev–Trinajstić information content (AvgIpc) is 2.91. The highest BCUT2D eigenvalue weighted by Crippen LogP contribution is 2.15. The van der Waals surface area contributed by atoms with E-state index in [-0.39, 0.29) is 5.91 Å². The predicted molar refractivity (Wildman–Crippen MR) is 83.9 cm³/mol. The van der Waals surface area contributed by atoms with Gasteiger partial charge in [-0.05, 0) is 36.4 Å². The van der Waals surface area contributed by atoms with Crippen molar-refractivity contribution < 1.29 is 4.79 Å². The molecule has 5 heteroatoms. The Bertz CT molecular complexity index is 774. The molecule has 0 saturated carbocycles. The van der Waals surface area contributed by atoms with Crippen molar-refractivity contribution in [1.82, 2.24) is 9.38 Å². The zero-order chi connectivity index (χ0) is 14.8. The average molecular weight is 280 g/mol. The molecule has 0 radical (unpaired) electrons. The van der Waals surface area contributed by atoms with Gasteiger partial charge in [0.05, 0.1) is 11.7 Å². The van der Waals surface area contributed by atoms with Gasteiger partial charge in [0.15, 0.2) is 0 Å². The van der Waals surface area contributed by atoms with E-state index in [1.54, 1.807) is 18.3 Å². The second-order valence-corrected chi connectivity index (χ2v) is 4.97. The number of pyridine rings is 1. The van der Waals surface area contributed by atoms with E-state index >= 15 is 0 Å². The van der Waals surface area contributed by atoms with Crippen LogP contribution in [0.4, 0.5) is 11.6 Å². The highest BCUT2D eigenvalue weighted by atomic mass is 16.1. The second kappa shape index (κ2) is 5.28. The Balaban J connectivity index is 1.83. The molecule has 0 fully saturated rings. The van der Waals surface area contributed by atoms with Crippen molar-refractivity contribution in [3.63, 3.8) is 0 Å². The number of carbonyl (C=O) groups excluding carboxylic acids is 1. The minimum Gasteiger partial charge on any atom is -0.378 e. The molecule has 3 rings (SSSR count). The number of nitrogens with one attached hydrogen (secondary N) is 1. The van der Waals surface area contributed by atoms with Crippen LogP contribution in [0.25, 0.3) is 5.52 Å². The van der Waals surface area contributed by atoms with Gasteiger partial charge in [-0.1, -0.05) is 6.07 Å². The molecule has 21 heavy (non-hydrogen) atoms. The van der Waals surface area contributed by atoms with Crippen LogP contribution >= 0.6 is 0 Å². The molecule has 106 valence electrons. The normalized spacial score (nSPS) is 10.6. The first-order valence-electron chi connectivity index (χ1n) is 6.66. The standard InChI is InChI=1S/C16H16N4O/c1-19(2)13-8-6-12(7-9-13)15(21)18-16-17-11-14-5-3-4-10-20(14)16/h3-11H,1-2H3,(H,17,18,21). The third-order valence-electron chi connectivity index (χ3n) is 3.31. The number of fused-ring (bicyclic) bond motifs is 1. The van der Waals surface area contributed by atoms with E-state index in [2.05, 4.69) is 10.3 Å². The van der Waals surface area contributed by atoms with Crippen molar-refractivity contribution in [1.29, 1.82) is 0 Å². The van der Waals surface area contributed by atoms with Crippen molar-refractivity contribution in [2.24, 2.45) is 0 Å². The molecule has 0 spiro atoms. The molecule has 2 heterocycles. The Kier molecular flexibility index (Phi) is 3.31. The van der Waals surface area contributed by atoms with Gasteiger partial charge < -0.3 is 4.90 Å². The summed E-state index contributed by atoms with van der Waals surface area (Å²) < 4.78 is 1.84. The molecule has 0 saturated heterocycles. The summed E-state index contributed by atoms with van der Waals surface area (Å²) in [4.78, 5) is 18.5. The van der Waals surface area contributed by atoms with Gasteiger partial charge in [-0.2, -0.15) is 0 Å². The number of hydrogen-bond donors (Lipinski definition) is 1. The Hall–Kier alpha value is -2.82. The largest absolute Gasteiger partial charge is 0.378 e. The first-order chi connectivity index (χ1) is 10.1. The van der Waals surface area contributed by atoms with E-state index in [0.717, 1.165) is 11.2 Å². The molecule has 0 aliphatic rings. The molecule has 0 unspecified atom stereocenters. The summed E-state index contributed by atoms with van der Waals surface area (Å²) in [5.74, 6) is 0.351. The number of amides is 1. The van der Waals surface area contributed by atoms with Crippen LogP contribution in [-0.2, 0) is 0 Å². The first-order valence-corrected chi connectivity index (χ1v) is 6.66. The van der Waals surface area contributed by atoms with Crippen molar-refractivity contribution in [2.45, 2.75) is 0 Å². The Morgan fingerprint density at radius 1 is 1.14 bits per heavy atom. The van der Waals surface area contributed by atoms with Crippen molar-refractivity contribution in [2.75, 3.05) is 24.3 Å². The summed E-state index contributed by atoms with van der Waals surface area (Å²) in [6, 6.07) is 13.2. The summed E-state index contributed by atoms with van der Waals surface area (Å²) in [5.41, 5.74) is 2.60. The Morgan fingerprint density at radius 2 is 1.90 bits per heavy atom. The lowest BCUT2D eigenvalue weighted by Gasteiger charge is -2.12. The summed E-state index contributed by atoms with van der Waals surface area (Å²) >= 11 is 0. The van der Waals surface area contributed by atoms with Gasteiger partial charge >= 0.3 is 0 Å². The fourth-order valence-corrected chi connectivity index (χ4v) is 2.12. The molecule has 0 bridgehead atoms. The van der Waals surface area contributed by atoms with E-state index in [0.29, 0.717) is 11.5 Å². The van der Waals surface area contributed by atoms with Gasteiger partial charge in [-0.15, -0.1) is 0 Å². The molecule has 3 aromatic rings. The fraction of sp³-hybridized carbons (Fsp3) is 0.125. The highest BCUT2D eigenvalue weighted by molar-refractivity contribution is 6.03. The molecule has 0 atom stereocenters. The smallest absolute Gasteiger partial charge is 0.257 e. The predicted octanol–water partition coefficient (Wildman–Crippen LogP) is 2.65. The van der Waals surface area contributed by atoms with Crippen molar-refractivity contribution in [3.05, 3.63) is 60.4 Å². The van der Waals surface area contributed by atoms with Crippen LogP contribution in [0.1, 0.15) is 10.4 Å². The third-order valence-corrected chi connectivity index (χ3v) is 3.31. The monoisotopic (exact) mass is 280 g/mol. The van der Waals surface area contributed by atoms with E-state index in [1.165, 1.54) is 0 Å². The number of anilines is 2. The molecule has 2 aromatic heterocycles. The summed E-state index contributed by atoms with van der Waals surface area (Å²) in [6.07, 6.45) is 3.60. The fourth-order valence-electron chi connectivity index (χ4n) is 2.12. The lowest BCUT2D eigenvalue weighted by molar-refractivity contribution is 0.102. The van der Waals surface area contributed by atoms with Gasteiger partial charge in [0.25, 0.3) is 5.91 Å². The van der Waals surface area contributed by atoms with Gasteiger partial charge in [-0.3, -0.25) is 14.5 Å². The third kappa shape index (κ3) is 2.58. The second-order valence-electron chi connectivity index (χ2n) is 4.97. The lowest BCUT2D eigenvalue weighted by atomic mass is 10.2. The number of benzene rings is 1. The molecular formula is C16H16N4O. The van der Waals surface area contributed by atoms with Gasteiger partial charge in [0.2, 0.25) is 5.95 Å². The van der Waals surface area contributed by atoms with E-state index < -0.39 is 0 Å². The molecule has 1 aromatic carbocycles. The molecule has 0 aliphatic heterocycles. The van der Waals surface area contributed by atoms with Crippen LogP contribution in [0.2, 0.25) is 0 Å². The van der Waals surface area contributed by atoms with Gasteiger partial charge in [0, 0.05) is 31.5 Å². The number of carbonyl (C=O) groups is 1. The zero-order valence-electron chi connectivity index (χ0n) is 11.9. The topological polar surface area (TPSA) is 49.6 Å². The first kappa shape index (κ1) is 13.2. The number of nitrogens with zero attached hydrogens (tertiary/aromatic N) is 3. The molecule has 1 N–H and O–H groups in total. The quantitative estimate of drug-likeness (QED) is 0.802. The Morgan fingerprint density at radius 3 is 2.62 bits per heavy atom. The minimum atomic E-state index is -0.170.